The van der Waals surface area contributed by atoms with E-state index in [9.17, 15) is 4.79 Å². The molecule has 1 aliphatic rings. The number of nitrogens with one attached hydrogen (secondary N) is 1. The Bertz CT molecular complexity index is 243. The third-order valence-electron chi connectivity index (χ3n) is 3.21. The summed E-state index contributed by atoms with van der Waals surface area (Å²) < 4.78 is 5.06. The maximum absolute atomic E-state index is 12.2. The smallest absolute Gasteiger partial charge is 0.232 e. The van der Waals surface area contributed by atoms with E-state index in [0.717, 1.165) is 13.1 Å². The lowest BCUT2D eigenvalue weighted by molar-refractivity contribution is -0.130. The van der Waals surface area contributed by atoms with Crippen LogP contribution in [0.4, 0.5) is 0 Å². The van der Waals surface area contributed by atoms with Crippen LogP contribution < -0.4 is 5.32 Å². The highest BCUT2D eigenvalue weighted by atomic mass is 32.2. The normalized spacial score (nSPS) is 17.1. The Morgan fingerprint density at radius 2 is 2.11 bits per heavy atom. The Morgan fingerprint density at radius 1 is 1.44 bits per heavy atom. The van der Waals surface area contributed by atoms with E-state index in [4.69, 9.17) is 4.74 Å². The molecule has 0 aliphatic carbocycles. The van der Waals surface area contributed by atoms with Gasteiger partial charge in [-0.15, -0.1) is 11.8 Å². The summed E-state index contributed by atoms with van der Waals surface area (Å²) in [5, 5.41) is 3.99. The van der Waals surface area contributed by atoms with Crippen molar-refractivity contribution < 1.29 is 9.53 Å². The van der Waals surface area contributed by atoms with Crippen molar-refractivity contribution in [3.63, 3.8) is 0 Å². The van der Waals surface area contributed by atoms with Crippen molar-refractivity contribution in [1.29, 1.82) is 0 Å². The van der Waals surface area contributed by atoms with Crippen molar-refractivity contribution in [3.05, 3.63) is 0 Å². The Kier molecular flexibility index (Phi) is 7.70. The van der Waals surface area contributed by atoms with Crippen LogP contribution in [0.15, 0.2) is 0 Å². The number of hydrogen-bond acceptors (Lipinski definition) is 4. The summed E-state index contributed by atoms with van der Waals surface area (Å²) in [6, 6.07) is 0.251. The molecule has 1 N–H and O–H groups in total. The van der Waals surface area contributed by atoms with Gasteiger partial charge >= 0.3 is 0 Å². The topological polar surface area (TPSA) is 41.6 Å². The molecule has 0 atom stereocenters. The third-order valence-corrected chi connectivity index (χ3v) is 4.57. The Labute approximate surface area is 115 Å². The SMILES string of the molecule is COCCN(C(=O)CSC1CCNCC1)C(C)C. The second-order valence-electron chi connectivity index (χ2n) is 4.93. The van der Waals surface area contributed by atoms with Crippen LogP contribution in [0, 0.1) is 0 Å². The molecular formula is C13H26N2O2S. The lowest BCUT2D eigenvalue weighted by Crippen LogP contribution is -2.41. The zero-order valence-corrected chi connectivity index (χ0v) is 12.6. The number of thioether (sulfide) groups is 1. The van der Waals surface area contributed by atoms with Gasteiger partial charge in [0.2, 0.25) is 5.91 Å². The molecule has 1 fully saturated rings. The van der Waals surface area contributed by atoms with E-state index in [-0.39, 0.29) is 11.9 Å². The van der Waals surface area contributed by atoms with Crippen LogP contribution in [0.3, 0.4) is 0 Å². The summed E-state index contributed by atoms with van der Waals surface area (Å²) in [5.41, 5.74) is 0. The lowest BCUT2D eigenvalue weighted by atomic mass is 10.2. The van der Waals surface area contributed by atoms with Crippen LogP contribution in [-0.2, 0) is 9.53 Å². The van der Waals surface area contributed by atoms with Gasteiger partial charge in [-0.3, -0.25) is 4.79 Å². The van der Waals surface area contributed by atoms with Crippen LogP contribution in [0.1, 0.15) is 26.7 Å². The van der Waals surface area contributed by atoms with E-state index in [0.29, 0.717) is 24.2 Å². The summed E-state index contributed by atoms with van der Waals surface area (Å²) in [6.07, 6.45) is 2.36. The number of hydrogen-bond donors (Lipinski definition) is 1. The summed E-state index contributed by atoms with van der Waals surface area (Å²) in [5.74, 6) is 0.845. The quantitative estimate of drug-likeness (QED) is 0.761. The number of amides is 1. The van der Waals surface area contributed by atoms with Crippen molar-refractivity contribution in [2.45, 2.75) is 38.0 Å². The Morgan fingerprint density at radius 3 is 2.67 bits per heavy atom. The fourth-order valence-corrected chi connectivity index (χ4v) is 3.21. The van der Waals surface area contributed by atoms with Gasteiger partial charge in [0, 0.05) is 24.9 Å². The van der Waals surface area contributed by atoms with Crippen LogP contribution in [0.2, 0.25) is 0 Å². The largest absolute Gasteiger partial charge is 0.383 e. The van der Waals surface area contributed by atoms with Gasteiger partial charge in [-0.2, -0.15) is 0 Å². The average Bonchev–Trinajstić information content (AvgIpc) is 2.37. The minimum Gasteiger partial charge on any atom is -0.383 e. The first kappa shape index (κ1) is 15.8. The number of piperidine rings is 1. The number of methoxy groups -OCH3 is 1. The number of nitrogens with zero attached hydrogens (tertiary/aromatic N) is 1. The number of ether oxygens (including phenoxy) is 1. The van der Waals surface area contributed by atoms with Crippen molar-refractivity contribution in [2.75, 3.05) is 39.1 Å². The summed E-state index contributed by atoms with van der Waals surface area (Å²) in [6.45, 7) is 7.60. The molecule has 0 radical (unpaired) electrons. The maximum Gasteiger partial charge on any atom is 0.232 e. The predicted octanol–water partition coefficient (Wildman–Crippen LogP) is 1.35. The van der Waals surface area contributed by atoms with E-state index in [1.807, 2.05) is 16.7 Å². The molecule has 106 valence electrons. The zero-order chi connectivity index (χ0) is 13.4. The van der Waals surface area contributed by atoms with Gasteiger partial charge in [-0.1, -0.05) is 0 Å². The van der Waals surface area contributed by atoms with Crippen molar-refractivity contribution in [1.82, 2.24) is 10.2 Å². The molecule has 1 rings (SSSR count). The highest BCUT2D eigenvalue weighted by molar-refractivity contribution is 8.00. The summed E-state index contributed by atoms with van der Waals surface area (Å²) >= 11 is 1.81. The first-order valence-corrected chi connectivity index (χ1v) is 7.80. The van der Waals surface area contributed by atoms with Crippen molar-refractivity contribution in [3.8, 4) is 0 Å². The summed E-state index contributed by atoms with van der Waals surface area (Å²) in [7, 11) is 1.67. The molecule has 0 aromatic carbocycles. The minimum atomic E-state index is 0.241. The molecule has 1 heterocycles. The second kappa shape index (κ2) is 8.77. The first-order valence-electron chi connectivity index (χ1n) is 6.76. The molecule has 0 aromatic rings. The van der Waals surface area contributed by atoms with Crippen LogP contribution in [0.25, 0.3) is 0 Å². The van der Waals surface area contributed by atoms with Crippen LogP contribution in [0.5, 0.6) is 0 Å². The molecule has 1 aliphatic heterocycles. The van der Waals surface area contributed by atoms with Crippen LogP contribution in [-0.4, -0.2) is 61.2 Å². The maximum atomic E-state index is 12.2. The molecule has 0 spiro atoms. The number of carbonyl (C=O) groups excluding carboxylic acids is 1. The summed E-state index contributed by atoms with van der Waals surface area (Å²) in [4.78, 5) is 14.1. The molecule has 1 amide bonds. The first-order chi connectivity index (χ1) is 8.65. The van der Waals surface area contributed by atoms with Gasteiger partial charge in [-0.05, 0) is 39.8 Å². The van der Waals surface area contributed by atoms with E-state index in [1.54, 1.807) is 7.11 Å². The molecule has 0 saturated carbocycles. The molecule has 0 unspecified atom stereocenters. The lowest BCUT2D eigenvalue weighted by Gasteiger charge is -2.28. The van der Waals surface area contributed by atoms with E-state index in [1.165, 1.54) is 12.8 Å². The van der Waals surface area contributed by atoms with Gasteiger partial charge in [0.25, 0.3) is 0 Å². The van der Waals surface area contributed by atoms with Gasteiger partial charge < -0.3 is 15.0 Å². The molecule has 18 heavy (non-hydrogen) atoms. The molecule has 0 bridgehead atoms. The van der Waals surface area contributed by atoms with Gasteiger partial charge in [0.05, 0.1) is 12.4 Å². The molecule has 5 heteroatoms. The molecule has 4 nitrogen and oxygen atoms in total. The number of carbonyl (C=O) groups is 1. The molecule has 0 aromatic heterocycles. The predicted molar refractivity (Wildman–Crippen MR) is 77.1 cm³/mol. The average molecular weight is 274 g/mol. The fourth-order valence-electron chi connectivity index (χ4n) is 2.09. The Hall–Kier alpha value is -0.260. The van der Waals surface area contributed by atoms with E-state index >= 15 is 0 Å². The zero-order valence-electron chi connectivity index (χ0n) is 11.8. The highest BCUT2D eigenvalue weighted by Gasteiger charge is 2.19. The fraction of sp³-hybridized carbons (Fsp3) is 0.923. The van der Waals surface area contributed by atoms with Crippen molar-refractivity contribution >= 4 is 17.7 Å². The van der Waals surface area contributed by atoms with Gasteiger partial charge in [0.1, 0.15) is 0 Å². The second-order valence-corrected chi connectivity index (χ2v) is 6.22. The monoisotopic (exact) mass is 274 g/mol. The highest BCUT2D eigenvalue weighted by Crippen LogP contribution is 2.20. The number of rotatable bonds is 7. The minimum absolute atomic E-state index is 0.241. The van der Waals surface area contributed by atoms with E-state index < -0.39 is 0 Å². The van der Waals surface area contributed by atoms with Gasteiger partial charge in [0.15, 0.2) is 0 Å². The standard InChI is InChI=1S/C13H26N2O2S/c1-11(2)15(8-9-17-3)13(16)10-18-12-4-6-14-7-5-12/h11-12,14H,4-10H2,1-3H3. The van der Waals surface area contributed by atoms with Gasteiger partial charge in [-0.25, -0.2) is 0 Å². The van der Waals surface area contributed by atoms with Crippen LogP contribution >= 0.6 is 11.8 Å². The van der Waals surface area contributed by atoms with E-state index in [2.05, 4.69) is 19.2 Å². The Balaban J connectivity index is 2.31. The third kappa shape index (κ3) is 5.59. The molecular weight excluding hydrogens is 248 g/mol. The molecule has 1 saturated heterocycles. The van der Waals surface area contributed by atoms with Crippen molar-refractivity contribution in [2.24, 2.45) is 0 Å².